The molecule has 0 spiro atoms. The van der Waals surface area contributed by atoms with Gasteiger partial charge in [-0.1, -0.05) is 0 Å². The summed E-state index contributed by atoms with van der Waals surface area (Å²) in [6.45, 7) is 0.318. The molecule has 24 heavy (non-hydrogen) atoms. The van der Waals surface area contributed by atoms with E-state index in [1.54, 1.807) is 36.3 Å². The van der Waals surface area contributed by atoms with Gasteiger partial charge >= 0.3 is 0 Å². The van der Waals surface area contributed by atoms with Crippen LogP contribution in [-0.2, 0) is 9.59 Å². The van der Waals surface area contributed by atoms with Crippen LogP contribution in [0.4, 0.5) is 15.8 Å². The van der Waals surface area contributed by atoms with Gasteiger partial charge in [0.05, 0.1) is 13.0 Å². The fraction of sp³-hybridized carbons (Fsp3) is 0.222. The number of carbonyl (C=O) groups excluding carboxylic acids is 2. The van der Waals surface area contributed by atoms with E-state index in [9.17, 15) is 14.0 Å². The fourth-order valence-electron chi connectivity index (χ4n) is 2.67. The highest BCUT2D eigenvalue weighted by Gasteiger charge is 2.35. The molecule has 1 N–H and O–H groups in total. The Morgan fingerprint density at radius 2 is 1.83 bits per heavy atom. The minimum Gasteiger partial charge on any atom is -0.497 e. The number of amides is 2. The number of ether oxygens (including phenoxy) is 1. The third kappa shape index (κ3) is 3.37. The number of halogens is 1. The van der Waals surface area contributed by atoms with E-state index < -0.39 is 5.92 Å². The Kier molecular flexibility index (Phi) is 4.46. The predicted octanol–water partition coefficient (Wildman–Crippen LogP) is 2.83. The van der Waals surface area contributed by atoms with Gasteiger partial charge in [0, 0.05) is 24.3 Å². The largest absolute Gasteiger partial charge is 0.497 e. The second kappa shape index (κ2) is 6.70. The molecule has 2 aromatic carbocycles. The lowest BCUT2D eigenvalue weighted by atomic mass is 10.1. The second-order valence-corrected chi connectivity index (χ2v) is 5.60. The lowest BCUT2D eigenvalue weighted by molar-refractivity contribution is -0.122. The molecule has 1 unspecified atom stereocenters. The van der Waals surface area contributed by atoms with Crippen LogP contribution in [-0.4, -0.2) is 25.5 Å². The van der Waals surface area contributed by atoms with Crippen molar-refractivity contribution in [3.05, 3.63) is 54.3 Å². The van der Waals surface area contributed by atoms with Crippen LogP contribution in [0.2, 0.25) is 0 Å². The molecule has 0 radical (unpaired) electrons. The summed E-state index contributed by atoms with van der Waals surface area (Å²) in [5.41, 5.74) is 1.25. The van der Waals surface area contributed by atoms with Crippen molar-refractivity contribution in [2.75, 3.05) is 23.9 Å². The van der Waals surface area contributed by atoms with Crippen molar-refractivity contribution in [2.45, 2.75) is 6.42 Å². The Bertz CT molecular complexity index is 744. The molecule has 2 aromatic rings. The molecule has 0 bridgehead atoms. The molecule has 5 nitrogen and oxygen atoms in total. The van der Waals surface area contributed by atoms with Crippen LogP contribution >= 0.6 is 0 Å². The standard InChI is InChI=1S/C18H17FN2O3/c1-24-16-8-6-15(7-9-16)21-11-12(10-17(21)22)18(23)20-14-4-2-13(19)3-5-14/h2-9,12H,10-11H2,1H3,(H,20,23). The van der Waals surface area contributed by atoms with Gasteiger partial charge in [-0.3, -0.25) is 9.59 Å². The molecule has 0 aromatic heterocycles. The first-order valence-corrected chi connectivity index (χ1v) is 7.57. The number of hydrogen-bond acceptors (Lipinski definition) is 3. The fourth-order valence-corrected chi connectivity index (χ4v) is 2.67. The van der Waals surface area contributed by atoms with Crippen LogP contribution in [0.15, 0.2) is 48.5 Å². The first-order chi connectivity index (χ1) is 11.6. The third-order valence-corrected chi connectivity index (χ3v) is 3.99. The highest BCUT2D eigenvalue weighted by Crippen LogP contribution is 2.27. The summed E-state index contributed by atoms with van der Waals surface area (Å²) in [6.07, 6.45) is 0.152. The third-order valence-electron chi connectivity index (χ3n) is 3.99. The van der Waals surface area contributed by atoms with Gasteiger partial charge in [0.25, 0.3) is 0 Å². The lowest BCUT2D eigenvalue weighted by Gasteiger charge is -2.17. The second-order valence-electron chi connectivity index (χ2n) is 5.60. The van der Waals surface area contributed by atoms with Crippen LogP contribution in [0.5, 0.6) is 5.75 Å². The number of methoxy groups -OCH3 is 1. The molecule has 2 amide bonds. The molecule has 1 aliphatic rings. The summed E-state index contributed by atoms with van der Waals surface area (Å²) in [5.74, 6) is -0.444. The number of anilines is 2. The van der Waals surface area contributed by atoms with Crippen LogP contribution in [0.3, 0.4) is 0 Å². The molecule has 124 valence electrons. The summed E-state index contributed by atoms with van der Waals surface area (Å²) >= 11 is 0. The number of carbonyl (C=O) groups is 2. The summed E-state index contributed by atoms with van der Waals surface area (Å²) in [5, 5.41) is 2.72. The zero-order valence-electron chi connectivity index (χ0n) is 13.2. The molecule has 3 rings (SSSR count). The molecule has 0 aliphatic carbocycles. The first kappa shape index (κ1) is 16.0. The van der Waals surface area contributed by atoms with Gasteiger partial charge in [0.2, 0.25) is 11.8 Å². The number of rotatable bonds is 4. The zero-order chi connectivity index (χ0) is 17.1. The SMILES string of the molecule is COc1ccc(N2CC(C(=O)Nc3ccc(F)cc3)CC2=O)cc1. The van der Waals surface area contributed by atoms with Gasteiger partial charge in [-0.2, -0.15) is 0 Å². The highest BCUT2D eigenvalue weighted by atomic mass is 19.1. The first-order valence-electron chi connectivity index (χ1n) is 7.57. The predicted molar refractivity (Wildman–Crippen MR) is 88.5 cm³/mol. The van der Waals surface area contributed by atoms with E-state index in [1.165, 1.54) is 24.3 Å². The number of hydrogen-bond donors (Lipinski definition) is 1. The van der Waals surface area contributed by atoms with E-state index in [0.29, 0.717) is 18.0 Å². The highest BCUT2D eigenvalue weighted by molar-refractivity contribution is 6.03. The zero-order valence-corrected chi connectivity index (χ0v) is 13.2. The van der Waals surface area contributed by atoms with Gasteiger partial charge in [0.15, 0.2) is 0 Å². The molecular formula is C18H17FN2O3. The van der Waals surface area contributed by atoms with Crippen LogP contribution in [0.25, 0.3) is 0 Å². The topological polar surface area (TPSA) is 58.6 Å². The van der Waals surface area contributed by atoms with Crippen LogP contribution in [0.1, 0.15) is 6.42 Å². The molecule has 1 aliphatic heterocycles. The van der Waals surface area contributed by atoms with Crippen molar-refractivity contribution in [2.24, 2.45) is 5.92 Å². The summed E-state index contributed by atoms with van der Waals surface area (Å²) < 4.78 is 18.0. The number of nitrogens with one attached hydrogen (secondary N) is 1. The van der Waals surface area contributed by atoms with Crippen LogP contribution < -0.4 is 15.0 Å². The maximum absolute atomic E-state index is 12.9. The number of benzene rings is 2. The molecule has 1 atom stereocenters. The molecule has 6 heteroatoms. The van der Waals surface area contributed by atoms with Crippen LogP contribution in [0, 0.1) is 11.7 Å². The maximum atomic E-state index is 12.9. The van der Waals surface area contributed by atoms with Crippen molar-refractivity contribution in [3.63, 3.8) is 0 Å². The normalized spacial score (nSPS) is 17.0. The summed E-state index contributed by atoms with van der Waals surface area (Å²) in [7, 11) is 1.58. The van der Waals surface area contributed by atoms with Crippen molar-refractivity contribution in [3.8, 4) is 5.75 Å². The lowest BCUT2D eigenvalue weighted by Crippen LogP contribution is -2.28. The van der Waals surface area contributed by atoms with Gasteiger partial charge in [-0.25, -0.2) is 4.39 Å². The van der Waals surface area contributed by atoms with E-state index in [2.05, 4.69) is 5.32 Å². The Hall–Kier alpha value is -2.89. The molecule has 1 heterocycles. The van der Waals surface area contributed by atoms with Crippen molar-refractivity contribution in [1.29, 1.82) is 0 Å². The van der Waals surface area contributed by atoms with Crippen molar-refractivity contribution >= 4 is 23.2 Å². The monoisotopic (exact) mass is 328 g/mol. The molecule has 0 saturated carbocycles. The number of nitrogens with zero attached hydrogens (tertiary/aromatic N) is 1. The maximum Gasteiger partial charge on any atom is 0.229 e. The van der Waals surface area contributed by atoms with E-state index in [-0.39, 0.29) is 24.1 Å². The van der Waals surface area contributed by atoms with E-state index >= 15 is 0 Å². The molecule has 1 saturated heterocycles. The van der Waals surface area contributed by atoms with Crippen molar-refractivity contribution in [1.82, 2.24) is 0 Å². The quantitative estimate of drug-likeness (QED) is 0.939. The van der Waals surface area contributed by atoms with E-state index in [1.807, 2.05) is 0 Å². The van der Waals surface area contributed by atoms with Gasteiger partial charge < -0.3 is 15.0 Å². The Balaban J connectivity index is 1.67. The Morgan fingerprint density at radius 1 is 1.17 bits per heavy atom. The van der Waals surface area contributed by atoms with Gasteiger partial charge in [-0.05, 0) is 48.5 Å². The summed E-state index contributed by atoms with van der Waals surface area (Å²) in [4.78, 5) is 26.1. The molecular weight excluding hydrogens is 311 g/mol. The van der Waals surface area contributed by atoms with Gasteiger partial charge in [-0.15, -0.1) is 0 Å². The minimum absolute atomic E-state index is 0.0978. The van der Waals surface area contributed by atoms with E-state index in [0.717, 1.165) is 5.69 Å². The average Bonchev–Trinajstić information content (AvgIpc) is 2.99. The van der Waals surface area contributed by atoms with Gasteiger partial charge in [0.1, 0.15) is 11.6 Å². The van der Waals surface area contributed by atoms with E-state index in [4.69, 9.17) is 4.74 Å². The molecule has 1 fully saturated rings. The minimum atomic E-state index is -0.440. The Morgan fingerprint density at radius 3 is 2.46 bits per heavy atom. The summed E-state index contributed by atoms with van der Waals surface area (Å²) in [6, 6.07) is 12.7. The smallest absolute Gasteiger partial charge is 0.229 e. The average molecular weight is 328 g/mol. The Labute approximate surface area is 139 Å². The van der Waals surface area contributed by atoms with Crippen molar-refractivity contribution < 1.29 is 18.7 Å².